The number of aromatic nitrogens is 2. The van der Waals surface area contributed by atoms with Gasteiger partial charge in [-0.3, -0.25) is 0 Å². The van der Waals surface area contributed by atoms with Crippen LogP contribution in [0.2, 0.25) is 5.02 Å². The maximum absolute atomic E-state index is 11.6. The molecule has 7 nitrogen and oxygen atoms in total. The average molecular weight is 412 g/mol. The number of hydrogen-bond donors (Lipinski definition) is 1. The van der Waals surface area contributed by atoms with Gasteiger partial charge in [0.2, 0.25) is 6.79 Å². The Balaban J connectivity index is 1.62. The minimum absolute atomic E-state index is 0.234. The van der Waals surface area contributed by atoms with E-state index >= 15 is 0 Å². The lowest BCUT2D eigenvalue weighted by atomic mass is 10.2. The molecule has 0 spiro atoms. The average Bonchev–Trinajstić information content (AvgIpc) is 3.19. The van der Waals surface area contributed by atoms with Crippen LogP contribution in [-0.2, 0) is 16.1 Å². The summed E-state index contributed by atoms with van der Waals surface area (Å²) in [6.45, 7) is 2.80. The predicted molar refractivity (Wildman–Crippen MR) is 110 cm³/mol. The second-order valence-electron chi connectivity index (χ2n) is 6.22. The van der Waals surface area contributed by atoms with Crippen LogP contribution in [0.25, 0.3) is 17.0 Å². The SMILES string of the molecule is CCOC(=O)/C=C/c1nc(NCc2ccc3c(c2)OCO3)c2cc(Cl)ccc2n1. The molecule has 1 aliphatic rings. The summed E-state index contributed by atoms with van der Waals surface area (Å²) in [5.41, 5.74) is 1.72. The Labute approximate surface area is 172 Å². The van der Waals surface area contributed by atoms with Crippen molar-refractivity contribution in [1.82, 2.24) is 9.97 Å². The maximum atomic E-state index is 11.6. The summed E-state index contributed by atoms with van der Waals surface area (Å²) in [7, 11) is 0. The second kappa shape index (κ2) is 8.36. The number of ether oxygens (including phenoxy) is 3. The van der Waals surface area contributed by atoms with Gasteiger partial charge in [0.1, 0.15) is 5.82 Å². The largest absolute Gasteiger partial charge is 0.463 e. The molecule has 148 valence electrons. The maximum Gasteiger partial charge on any atom is 0.330 e. The van der Waals surface area contributed by atoms with Crippen LogP contribution in [0.4, 0.5) is 5.82 Å². The molecule has 0 saturated carbocycles. The molecule has 2 heterocycles. The normalized spacial score (nSPS) is 12.5. The first-order valence-electron chi connectivity index (χ1n) is 9.07. The number of carbonyl (C=O) groups excluding carboxylic acids is 1. The minimum atomic E-state index is -0.442. The molecular weight excluding hydrogens is 394 g/mol. The van der Waals surface area contributed by atoms with Gasteiger partial charge in [0, 0.05) is 23.0 Å². The van der Waals surface area contributed by atoms with Gasteiger partial charge in [-0.2, -0.15) is 0 Å². The lowest BCUT2D eigenvalue weighted by Gasteiger charge is -2.11. The van der Waals surface area contributed by atoms with Crippen molar-refractivity contribution >= 4 is 40.4 Å². The third-order valence-corrected chi connectivity index (χ3v) is 4.46. The highest BCUT2D eigenvalue weighted by molar-refractivity contribution is 6.31. The summed E-state index contributed by atoms with van der Waals surface area (Å²) < 4.78 is 15.7. The first-order valence-corrected chi connectivity index (χ1v) is 9.44. The molecule has 2 aromatic carbocycles. The number of hydrogen-bond acceptors (Lipinski definition) is 7. The molecule has 0 aliphatic carbocycles. The van der Waals surface area contributed by atoms with Gasteiger partial charge in [0.15, 0.2) is 17.3 Å². The number of benzene rings is 2. The monoisotopic (exact) mass is 411 g/mol. The predicted octanol–water partition coefficient (Wildman–Crippen LogP) is 4.20. The Bertz CT molecular complexity index is 1100. The Morgan fingerprint density at radius 2 is 2.07 bits per heavy atom. The van der Waals surface area contributed by atoms with Crippen molar-refractivity contribution < 1.29 is 19.0 Å². The lowest BCUT2D eigenvalue weighted by Crippen LogP contribution is -2.05. The third kappa shape index (κ3) is 4.41. The molecule has 0 amide bonds. The zero-order valence-corrected chi connectivity index (χ0v) is 16.4. The molecule has 4 rings (SSSR count). The molecule has 1 aliphatic heterocycles. The van der Waals surface area contributed by atoms with Crippen LogP contribution in [0.1, 0.15) is 18.3 Å². The Morgan fingerprint density at radius 3 is 2.93 bits per heavy atom. The van der Waals surface area contributed by atoms with Crippen molar-refractivity contribution in [1.29, 1.82) is 0 Å². The van der Waals surface area contributed by atoms with E-state index in [1.807, 2.05) is 24.3 Å². The van der Waals surface area contributed by atoms with Gasteiger partial charge < -0.3 is 19.5 Å². The van der Waals surface area contributed by atoms with Crippen LogP contribution >= 0.6 is 11.6 Å². The zero-order chi connectivity index (χ0) is 20.2. The summed E-state index contributed by atoms with van der Waals surface area (Å²) >= 11 is 6.16. The fraction of sp³-hybridized carbons (Fsp3) is 0.190. The molecule has 0 atom stereocenters. The van der Waals surface area contributed by atoms with Crippen molar-refractivity contribution in [2.45, 2.75) is 13.5 Å². The zero-order valence-electron chi connectivity index (χ0n) is 15.6. The summed E-state index contributed by atoms with van der Waals surface area (Å²) in [5.74, 6) is 2.01. The van der Waals surface area contributed by atoms with Crippen molar-refractivity contribution in [3.63, 3.8) is 0 Å². The highest BCUT2D eigenvalue weighted by Gasteiger charge is 2.14. The van der Waals surface area contributed by atoms with Crippen LogP contribution in [0.5, 0.6) is 11.5 Å². The second-order valence-corrected chi connectivity index (χ2v) is 6.65. The molecule has 3 aromatic rings. The van der Waals surface area contributed by atoms with Crippen molar-refractivity contribution in [3.05, 3.63) is 58.9 Å². The number of nitrogens with zero attached hydrogens (tertiary/aromatic N) is 2. The number of halogens is 1. The number of carbonyl (C=O) groups is 1. The van der Waals surface area contributed by atoms with E-state index in [1.165, 1.54) is 12.2 Å². The lowest BCUT2D eigenvalue weighted by molar-refractivity contribution is -0.137. The quantitative estimate of drug-likeness (QED) is 0.480. The van der Waals surface area contributed by atoms with Crippen molar-refractivity contribution in [3.8, 4) is 11.5 Å². The molecule has 29 heavy (non-hydrogen) atoms. The van der Waals surface area contributed by atoms with E-state index in [2.05, 4.69) is 15.3 Å². The van der Waals surface area contributed by atoms with Crippen LogP contribution in [0.3, 0.4) is 0 Å². The Hall–Kier alpha value is -3.32. The van der Waals surface area contributed by atoms with Crippen molar-refractivity contribution in [2.75, 3.05) is 18.7 Å². The van der Waals surface area contributed by atoms with Gasteiger partial charge in [-0.1, -0.05) is 17.7 Å². The molecule has 1 aromatic heterocycles. The molecule has 0 saturated heterocycles. The van der Waals surface area contributed by atoms with Crippen molar-refractivity contribution in [2.24, 2.45) is 0 Å². The van der Waals surface area contributed by atoms with Gasteiger partial charge in [-0.25, -0.2) is 14.8 Å². The summed E-state index contributed by atoms with van der Waals surface area (Å²) in [6.07, 6.45) is 2.83. The number of nitrogens with one attached hydrogen (secondary N) is 1. The number of rotatable bonds is 6. The van der Waals surface area contributed by atoms with Crippen LogP contribution in [-0.4, -0.2) is 29.3 Å². The fourth-order valence-corrected chi connectivity index (χ4v) is 3.07. The van der Waals surface area contributed by atoms with Crippen LogP contribution in [0, 0.1) is 0 Å². The standard InChI is InChI=1S/C21H18ClN3O4/c1-2-27-20(26)8-7-19-24-16-5-4-14(22)10-15(16)21(25-19)23-11-13-3-6-17-18(9-13)29-12-28-17/h3-10H,2,11-12H2,1H3,(H,23,24,25)/b8-7+. The molecule has 8 heteroatoms. The van der Waals surface area contributed by atoms with Crippen LogP contribution < -0.4 is 14.8 Å². The van der Waals surface area contributed by atoms with E-state index in [-0.39, 0.29) is 6.79 Å². The number of anilines is 1. The van der Waals surface area contributed by atoms with Gasteiger partial charge in [-0.05, 0) is 48.9 Å². The topological polar surface area (TPSA) is 82.6 Å². The molecule has 0 unspecified atom stereocenters. The highest BCUT2D eigenvalue weighted by atomic mass is 35.5. The van der Waals surface area contributed by atoms with E-state index in [1.54, 1.807) is 19.1 Å². The smallest absolute Gasteiger partial charge is 0.330 e. The Kier molecular flexibility index (Phi) is 5.48. The molecule has 0 bridgehead atoms. The third-order valence-electron chi connectivity index (χ3n) is 4.23. The van der Waals surface area contributed by atoms with E-state index in [0.29, 0.717) is 35.3 Å². The van der Waals surface area contributed by atoms with E-state index in [0.717, 1.165) is 22.4 Å². The summed E-state index contributed by atoms with van der Waals surface area (Å²) in [4.78, 5) is 20.6. The van der Waals surface area contributed by atoms with Gasteiger partial charge in [-0.15, -0.1) is 0 Å². The first kappa shape index (κ1) is 19.0. The molecule has 0 radical (unpaired) electrons. The summed E-state index contributed by atoms with van der Waals surface area (Å²) in [5, 5.41) is 4.69. The number of esters is 1. The molecule has 0 fully saturated rings. The highest BCUT2D eigenvalue weighted by Crippen LogP contribution is 2.33. The van der Waals surface area contributed by atoms with E-state index in [9.17, 15) is 4.79 Å². The molecular formula is C21H18ClN3O4. The van der Waals surface area contributed by atoms with E-state index in [4.69, 9.17) is 25.8 Å². The van der Waals surface area contributed by atoms with Gasteiger partial charge in [0.25, 0.3) is 0 Å². The first-order chi connectivity index (χ1) is 14.1. The van der Waals surface area contributed by atoms with Gasteiger partial charge in [0.05, 0.1) is 12.1 Å². The van der Waals surface area contributed by atoms with Gasteiger partial charge >= 0.3 is 5.97 Å². The Morgan fingerprint density at radius 1 is 1.21 bits per heavy atom. The van der Waals surface area contributed by atoms with E-state index < -0.39 is 5.97 Å². The van der Waals surface area contributed by atoms with Crippen LogP contribution in [0.15, 0.2) is 42.5 Å². The summed E-state index contributed by atoms with van der Waals surface area (Å²) in [6, 6.07) is 11.1. The number of fused-ring (bicyclic) bond motifs is 2. The fourth-order valence-electron chi connectivity index (χ4n) is 2.90. The molecule has 1 N–H and O–H groups in total. The minimum Gasteiger partial charge on any atom is -0.463 e.